The second-order valence-electron chi connectivity index (χ2n) is 4.82. The first-order valence-electron chi connectivity index (χ1n) is 6.84. The maximum absolute atomic E-state index is 11.2. The number of fused-ring (bicyclic) bond motifs is 1. The van der Waals surface area contributed by atoms with E-state index in [0.29, 0.717) is 12.8 Å². The van der Waals surface area contributed by atoms with Gasteiger partial charge in [0.25, 0.3) is 0 Å². The number of nitrogens with zero attached hydrogens (tertiary/aromatic N) is 2. The number of carboxylic acids is 1. The Morgan fingerprint density at radius 1 is 1.37 bits per heavy atom. The number of aryl methyl sites for hydroxylation is 1. The Labute approximate surface area is 113 Å². The molecule has 1 aromatic heterocycles. The van der Waals surface area contributed by atoms with Crippen molar-refractivity contribution in [2.24, 2.45) is 5.92 Å². The maximum atomic E-state index is 11.2. The zero-order chi connectivity index (χ0) is 13.8. The van der Waals surface area contributed by atoms with Gasteiger partial charge >= 0.3 is 5.97 Å². The molecule has 0 aliphatic heterocycles. The SMILES string of the molecule is CCCn1c(CC(CC)C(=O)O)nc2ccccc21. The number of benzene rings is 1. The standard InChI is InChI=1S/C15H20N2O2/c1-3-9-17-13-8-6-5-7-12(13)16-14(17)10-11(4-2)15(18)19/h5-8,11H,3-4,9-10H2,1-2H3,(H,18,19). The Bertz CT molecular complexity index is 575. The fourth-order valence-corrected chi connectivity index (χ4v) is 2.38. The lowest BCUT2D eigenvalue weighted by molar-refractivity contribution is -0.141. The van der Waals surface area contributed by atoms with Gasteiger partial charge in [-0.1, -0.05) is 26.0 Å². The second kappa shape index (κ2) is 5.87. The zero-order valence-electron chi connectivity index (χ0n) is 11.5. The summed E-state index contributed by atoms with van der Waals surface area (Å²) in [5.74, 6) is -0.206. The predicted octanol–water partition coefficient (Wildman–Crippen LogP) is 3.10. The van der Waals surface area contributed by atoms with Crippen LogP contribution in [-0.4, -0.2) is 20.6 Å². The fraction of sp³-hybridized carbons (Fsp3) is 0.467. The molecule has 1 unspecified atom stereocenters. The molecule has 0 bridgehead atoms. The number of aliphatic carboxylic acids is 1. The molecule has 2 aromatic rings. The Kier molecular flexibility index (Phi) is 4.20. The molecule has 102 valence electrons. The first-order chi connectivity index (χ1) is 9.17. The van der Waals surface area contributed by atoms with E-state index in [0.717, 1.165) is 29.8 Å². The normalized spacial score (nSPS) is 12.7. The van der Waals surface area contributed by atoms with Crippen LogP contribution in [0.15, 0.2) is 24.3 Å². The summed E-state index contributed by atoms with van der Waals surface area (Å²) in [5, 5.41) is 9.19. The van der Waals surface area contributed by atoms with Crippen molar-refractivity contribution in [2.75, 3.05) is 0 Å². The molecule has 19 heavy (non-hydrogen) atoms. The molecule has 1 atom stereocenters. The van der Waals surface area contributed by atoms with E-state index < -0.39 is 5.97 Å². The molecule has 0 spiro atoms. The first kappa shape index (κ1) is 13.6. The van der Waals surface area contributed by atoms with E-state index in [2.05, 4.69) is 16.5 Å². The molecule has 0 saturated carbocycles. The summed E-state index contributed by atoms with van der Waals surface area (Å²) in [4.78, 5) is 15.8. The van der Waals surface area contributed by atoms with Crippen molar-refractivity contribution in [3.63, 3.8) is 0 Å². The predicted molar refractivity (Wildman–Crippen MR) is 75.1 cm³/mol. The van der Waals surface area contributed by atoms with Crippen molar-refractivity contribution in [2.45, 2.75) is 39.7 Å². The summed E-state index contributed by atoms with van der Waals surface area (Å²) in [5.41, 5.74) is 2.05. The van der Waals surface area contributed by atoms with Crippen LogP contribution >= 0.6 is 0 Å². The van der Waals surface area contributed by atoms with Crippen LogP contribution in [0.5, 0.6) is 0 Å². The highest BCUT2D eigenvalue weighted by Crippen LogP contribution is 2.20. The number of carboxylic acid groups (broad SMARTS) is 1. The summed E-state index contributed by atoms with van der Waals surface area (Å²) < 4.78 is 2.15. The van der Waals surface area contributed by atoms with Crippen LogP contribution in [0.4, 0.5) is 0 Å². The minimum Gasteiger partial charge on any atom is -0.481 e. The smallest absolute Gasteiger partial charge is 0.306 e. The number of hydrogen-bond donors (Lipinski definition) is 1. The largest absolute Gasteiger partial charge is 0.481 e. The third kappa shape index (κ3) is 2.78. The molecule has 1 N–H and O–H groups in total. The van der Waals surface area contributed by atoms with E-state index in [1.54, 1.807) is 0 Å². The molecule has 0 radical (unpaired) electrons. The summed E-state index contributed by atoms with van der Waals surface area (Å²) in [6.07, 6.45) is 2.14. The summed E-state index contributed by atoms with van der Waals surface area (Å²) >= 11 is 0. The highest BCUT2D eigenvalue weighted by atomic mass is 16.4. The molecule has 1 heterocycles. The van der Waals surface area contributed by atoms with Crippen LogP contribution in [0.1, 0.15) is 32.5 Å². The van der Waals surface area contributed by atoms with Crippen molar-refractivity contribution in [3.8, 4) is 0 Å². The minimum absolute atomic E-state index is 0.354. The molecule has 0 fully saturated rings. The van der Waals surface area contributed by atoms with Gasteiger partial charge in [0.2, 0.25) is 0 Å². The Balaban J connectivity index is 2.41. The van der Waals surface area contributed by atoms with Gasteiger partial charge in [-0.3, -0.25) is 4.79 Å². The van der Waals surface area contributed by atoms with Crippen molar-refractivity contribution in [1.82, 2.24) is 9.55 Å². The molecular weight excluding hydrogens is 240 g/mol. The van der Waals surface area contributed by atoms with Gasteiger partial charge in [-0.25, -0.2) is 4.98 Å². The third-order valence-electron chi connectivity index (χ3n) is 3.45. The average molecular weight is 260 g/mol. The topological polar surface area (TPSA) is 55.1 Å². The van der Waals surface area contributed by atoms with E-state index in [-0.39, 0.29) is 5.92 Å². The van der Waals surface area contributed by atoms with E-state index in [1.807, 2.05) is 31.2 Å². The van der Waals surface area contributed by atoms with Gasteiger partial charge in [-0.2, -0.15) is 0 Å². The quantitative estimate of drug-likeness (QED) is 0.868. The number of aromatic nitrogens is 2. The van der Waals surface area contributed by atoms with Crippen molar-refractivity contribution < 1.29 is 9.90 Å². The first-order valence-corrected chi connectivity index (χ1v) is 6.84. The Hall–Kier alpha value is -1.84. The summed E-state index contributed by atoms with van der Waals surface area (Å²) in [6, 6.07) is 7.98. The van der Waals surface area contributed by atoms with Crippen LogP contribution in [0.25, 0.3) is 11.0 Å². The number of carbonyl (C=O) groups is 1. The lowest BCUT2D eigenvalue weighted by Crippen LogP contribution is -2.18. The molecule has 0 amide bonds. The Morgan fingerprint density at radius 2 is 2.11 bits per heavy atom. The summed E-state index contributed by atoms with van der Waals surface area (Å²) in [7, 11) is 0. The van der Waals surface area contributed by atoms with Gasteiger partial charge < -0.3 is 9.67 Å². The van der Waals surface area contributed by atoms with E-state index in [1.165, 1.54) is 0 Å². The molecule has 4 heteroatoms. The number of para-hydroxylation sites is 2. The van der Waals surface area contributed by atoms with E-state index in [9.17, 15) is 9.90 Å². The third-order valence-corrected chi connectivity index (χ3v) is 3.45. The average Bonchev–Trinajstić information content (AvgIpc) is 2.74. The number of imidazole rings is 1. The molecule has 0 aliphatic rings. The van der Waals surface area contributed by atoms with Gasteiger partial charge in [0.15, 0.2) is 0 Å². The monoisotopic (exact) mass is 260 g/mol. The van der Waals surface area contributed by atoms with Crippen LogP contribution in [0.2, 0.25) is 0 Å². The molecule has 2 rings (SSSR count). The van der Waals surface area contributed by atoms with Crippen LogP contribution in [-0.2, 0) is 17.8 Å². The van der Waals surface area contributed by atoms with Crippen molar-refractivity contribution >= 4 is 17.0 Å². The van der Waals surface area contributed by atoms with Gasteiger partial charge in [-0.15, -0.1) is 0 Å². The van der Waals surface area contributed by atoms with Gasteiger partial charge in [0.1, 0.15) is 5.82 Å². The zero-order valence-corrected chi connectivity index (χ0v) is 11.5. The van der Waals surface area contributed by atoms with Crippen LogP contribution in [0.3, 0.4) is 0 Å². The highest BCUT2D eigenvalue weighted by molar-refractivity contribution is 5.76. The van der Waals surface area contributed by atoms with E-state index in [4.69, 9.17) is 0 Å². The molecule has 0 saturated heterocycles. The maximum Gasteiger partial charge on any atom is 0.306 e. The molecule has 4 nitrogen and oxygen atoms in total. The van der Waals surface area contributed by atoms with Gasteiger partial charge in [-0.05, 0) is 25.0 Å². The van der Waals surface area contributed by atoms with Crippen LogP contribution < -0.4 is 0 Å². The van der Waals surface area contributed by atoms with Crippen LogP contribution in [0, 0.1) is 5.92 Å². The molecule has 0 aliphatic carbocycles. The highest BCUT2D eigenvalue weighted by Gasteiger charge is 2.19. The fourth-order valence-electron chi connectivity index (χ4n) is 2.38. The number of hydrogen-bond acceptors (Lipinski definition) is 2. The summed E-state index contributed by atoms with van der Waals surface area (Å²) in [6.45, 7) is 4.91. The lowest BCUT2D eigenvalue weighted by atomic mass is 10.0. The number of rotatable bonds is 6. The minimum atomic E-state index is -0.738. The Morgan fingerprint density at radius 3 is 2.74 bits per heavy atom. The van der Waals surface area contributed by atoms with Crippen molar-refractivity contribution in [3.05, 3.63) is 30.1 Å². The molecule has 1 aromatic carbocycles. The van der Waals surface area contributed by atoms with Gasteiger partial charge in [0, 0.05) is 13.0 Å². The second-order valence-corrected chi connectivity index (χ2v) is 4.82. The van der Waals surface area contributed by atoms with Crippen molar-refractivity contribution in [1.29, 1.82) is 0 Å². The lowest BCUT2D eigenvalue weighted by Gasteiger charge is -2.11. The van der Waals surface area contributed by atoms with Gasteiger partial charge in [0.05, 0.1) is 17.0 Å². The molecular formula is C15H20N2O2. The van der Waals surface area contributed by atoms with E-state index >= 15 is 0 Å².